The summed E-state index contributed by atoms with van der Waals surface area (Å²) in [5.74, 6) is 7.57. The molecule has 62 heavy (non-hydrogen) atoms. The Labute approximate surface area is 363 Å². The summed E-state index contributed by atoms with van der Waals surface area (Å²) < 4.78 is 36.7. The van der Waals surface area contributed by atoms with Crippen LogP contribution in [0.5, 0.6) is 46.0 Å². The monoisotopic (exact) mass is 918 g/mol. The van der Waals surface area contributed by atoms with Gasteiger partial charge in [-0.3, -0.25) is 0 Å². The first-order valence-corrected chi connectivity index (χ1v) is 28.5. The minimum atomic E-state index is -2.96. The summed E-state index contributed by atoms with van der Waals surface area (Å²) in [7, 11) is 0. The van der Waals surface area contributed by atoms with Gasteiger partial charge < -0.3 is 0 Å². The quantitative estimate of drug-likeness (QED) is 0.161. The predicted octanol–water partition coefficient (Wildman–Crippen LogP) is 9.63. The van der Waals surface area contributed by atoms with Gasteiger partial charge in [-0.15, -0.1) is 0 Å². The molecule has 8 heteroatoms. The van der Waals surface area contributed by atoms with Crippen LogP contribution in [0.25, 0.3) is 32.3 Å². The number of para-hydroxylation sites is 2. The summed E-state index contributed by atoms with van der Waals surface area (Å²) in [5.41, 5.74) is 6.92. The molecule has 0 amide bonds. The molecule has 6 aliphatic heterocycles. The average molecular weight is 916 g/mol. The zero-order valence-corrected chi connectivity index (χ0v) is 37.7. The fourth-order valence-electron chi connectivity index (χ4n) is 11.7. The van der Waals surface area contributed by atoms with E-state index in [9.17, 15) is 0 Å². The number of ether oxygens (including phenoxy) is 4. The van der Waals surface area contributed by atoms with Crippen molar-refractivity contribution < 1.29 is 18.9 Å². The molecule has 0 N–H and O–H groups in total. The molecule has 16 rings (SSSR count). The Morgan fingerprint density at radius 1 is 0.306 bits per heavy atom. The summed E-state index contributed by atoms with van der Waals surface area (Å²) >= 11 is -5.91. The number of hydrogen-bond donors (Lipinski definition) is 0. The molecule has 2 atom stereocenters. The van der Waals surface area contributed by atoms with Crippen molar-refractivity contribution in [1.29, 1.82) is 0 Å². The number of benzene rings is 10. The first-order valence-electron chi connectivity index (χ1n) is 21.2. The van der Waals surface area contributed by atoms with Gasteiger partial charge in [0.05, 0.1) is 0 Å². The van der Waals surface area contributed by atoms with Gasteiger partial charge in [0.1, 0.15) is 0 Å². The van der Waals surface area contributed by atoms with Crippen molar-refractivity contribution >= 4 is 122 Å². The molecule has 10 aromatic carbocycles. The van der Waals surface area contributed by atoms with Crippen molar-refractivity contribution in [3.05, 3.63) is 170 Å². The molecule has 6 nitrogen and oxygen atoms in total. The molecule has 0 fully saturated rings. The van der Waals surface area contributed by atoms with Crippen molar-refractivity contribution in [1.82, 2.24) is 0 Å². The molecule has 0 saturated heterocycles. The summed E-state index contributed by atoms with van der Waals surface area (Å²) in [4.78, 5) is 4.99. The van der Waals surface area contributed by atoms with Gasteiger partial charge in [-0.1, -0.05) is 0 Å². The molecule has 0 aromatic heterocycles. The molecule has 0 spiro atoms. The van der Waals surface area contributed by atoms with Crippen LogP contribution in [0.2, 0.25) is 0 Å². The van der Waals surface area contributed by atoms with E-state index in [-0.39, 0.29) is 0 Å². The maximum absolute atomic E-state index is 7.47. The van der Waals surface area contributed by atoms with Crippen molar-refractivity contribution in [2.24, 2.45) is 0 Å². The van der Waals surface area contributed by atoms with E-state index in [2.05, 4.69) is 180 Å². The number of anilines is 6. The van der Waals surface area contributed by atoms with Gasteiger partial charge in [0.15, 0.2) is 0 Å². The fourth-order valence-corrected chi connectivity index (χ4v) is 27.3. The van der Waals surface area contributed by atoms with Crippen LogP contribution in [-0.2, 0) is 0 Å². The van der Waals surface area contributed by atoms with Crippen LogP contribution in [0, 0.1) is 0 Å². The van der Waals surface area contributed by atoms with E-state index >= 15 is 0 Å². The van der Waals surface area contributed by atoms with Crippen LogP contribution in [0.1, 0.15) is 0 Å². The van der Waals surface area contributed by atoms with Crippen molar-refractivity contribution in [2.75, 3.05) is 9.80 Å². The predicted molar refractivity (Wildman–Crippen MR) is 254 cm³/mol. The van der Waals surface area contributed by atoms with Gasteiger partial charge >= 0.3 is 366 Å². The molecule has 2 unspecified atom stereocenters. The van der Waals surface area contributed by atoms with Gasteiger partial charge in [0.25, 0.3) is 0 Å². The second-order valence-corrected chi connectivity index (χ2v) is 27.9. The van der Waals surface area contributed by atoms with Crippen LogP contribution in [0.15, 0.2) is 170 Å². The fraction of sp³-hybridized carbons (Fsp3) is 0. The second-order valence-electron chi connectivity index (χ2n) is 17.0. The van der Waals surface area contributed by atoms with Crippen LogP contribution >= 0.6 is 0 Å². The van der Waals surface area contributed by atoms with E-state index in [4.69, 9.17) is 18.9 Å². The molecule has 10 aromatic rings. The van der Waals surface area contributed by atoms with Crippen LogP contribution < -0.4 is 55.1 Å². The third-order valence-corrected chi connectivity index (χ3v) is 28.4. The summed E-state index contributed by atoms with van der Waals surface area (Å²) in [5, 5.41) is 6.80. The summed E-state index contributed by atoms with van der Waals surface area (Å²) in [6, 6.07) is 61.4. The van der Waals surface area contributed by atoms with E-state index in [0.717, 1.165) is 89.7 Å². The summed E-state index contributed by atoms with van der Waals surface area (Å²) in [6.45, 7) is 0. The van der Waals surface area contributed by atoms with Gasteiger partial charge in [0.2, 0.25) is 0 Å². The van der Waals surface area contributed by atoms with Crippen molar-refractivity contribution in [2.45, 2.75) is 0 Å². The van der Waals surface area contributed by atoms with Crippen molar-refractivity contribution in [3.8, 4) is 46.0 Å². The molecule has 6 heterocycles. The third-order valence-electron chi connectivity index (χ3n) is 14.0. The first kappa shape index (κ1) is 32.6. The van der Waals surface area contributed by atoms with E-state index in [1.807, 2.05) is 0 Å². The van der Waals surface area contributed by atoms with Crippen LogP contribution in [0.3, 0.4) is 0 Å². The number of fused-ring (bicyclic) bond motifs is 7. The standard InChI is InChI=1S/C54H30Ge2N2O4/c1-3-15-31(16-4-1)57-37-21-11-23-39-45(37)55-47-43(61-53-33-19-9-7-13-29(33)25-41(59-39)49(53)55)28-36-35(51(47)57)27-44-48-52(36)58(32-17-5-2-6-18-32)38-22-12-24-40-46(38)56(48)50-42(60-40)26-30-14-8-10-20-34(30)54(50)62-44/h1-28,55-56H. The van der Waals surface area contributed by atoms with Crippen molar-refractivity contribution in [3.63, 3.8) is 0 Å². The van der Waals surface area contributed by atoms with E-state index in [1.165, 1.54) is 49.1 Å². The minimum absolute atomic E-state index is 0.927. The second kappa shape index (κ2) is 11.4. The average Bonchev–Trinajstić information content (AvgIpc) is 3.32. The molecular weight excluding hydrogens is 886 g/mol. The molecule has 6 aliphatic rings. The Hall–Kier alpha value is -7.13. The Morgan fingerprint density at radius 3 is 1.19 bits per heavy atom. The SMILES string of the molecule is c1ccc(N2c3cccc4[c]3[GeH]3[c]5c(cc6ccccc6c5Oc5cc6c7[c]8c(cc6c2[c]53)Oc2[c]3c(cc5ccccc25)Oc2cccc([c]2[GeH]38)N7c2ccccc2)O4)cc1. The van der Waals surface area contributed by atoms with E-state index < -0.39 is 28.7 Å². The third kappa shape index (κ3) is 3.90. The molecule has 0 saturated carbocycles. The normalized spacial score (nSPS) is 16.8. The number of rotatable bonds is 2. The van der Waals surface area contributed by atoms with Gasteiger partial charge in [0, 0.05) is 0 Å². The number of hydrogen-bond acceptors (Lipinski definition) is 6. The molecule has 0 bridgehead atoms. The first-order chi connectivity index (χ1) is 30.8. The van der Waals surface area contributed by atoms with E-state index in [1.54, 1.807) is 0 Å². The Balaban J connectivity index is 1.10. The van der Waals surface area contributed by atoms with Gasteiger partial charge in [-0.05, 0) is 0 Å². The van der Waals surface area contributed by atoms with E-state index in [0.29, 0.717) is 0 Å². The Kier molecular flexibility index (Phi) is 6.00. The Bertz CT molecular complexity index is 3500. The molecule has 288 valence electrons. The maximum atomic E-state index is 7.47. The zero-order chi connectivity index (χ0) is 39.9. The number of nitrogens with zero attached hydrogens (tertiary/aromatic N) is 2. The molecular formula is C54H30Ge2N2O4. The zero-order valence-electron chi connectivity index (χ0n) is 32.8. The Morgan fingerprint density at radius 2 is 0.726 bits per heavy atom. The molecule has 0 radical (unpaired) electrons. The van der Waals surface area contributed by atoms with Gasteiger partial charge in [-0.25, -0.2) is 0 Å². The van der Waals surface area contributed by atoms with Crippen LogP contribution in [-0.4, -0.2) is 28.7 Å². The van der Waals surface area contributed by atoms with Crippen LogP contribution in [0.4, 0.5) is 34.1 Å². The van der Waals surface area contributed by atoms with Gasteiger partial charge in [-0.2, -0.15) is 0 Å². The topological polar surface area (TPSA) is 43.4 Å². The molecule has 0 aliphatic carbocycles. The summed E-state index contributed by atoms with van der Waals surface area (Å²) in [6.07, 6.45) is 0.